The molecule has 1 fully saturated rings. The second kappa shape index (κ2) is 6.46. The highest BCUT2D eigenvalue weighted by atomic mass is 16.5. The molecule has 0 spiro atoms. The van der Waals surface area contributed by atoms with Crippen molar-refractivity contribution in [1.82, 2.24) is 10.6 Å². The maximum Gasteiger partial charge on any atom is 0.0712 e. The summed E-state index contributed by atoms with van der Waals surface area (Å²) >= 11 is 0. The third-order valence-corrected chi connectivity index (χ3v) is 3.21. The van der Waals surface area contributed by atoms with E-state index in [4.69, 9.17) is 4.74 Å². The lowest BCUT2D eigenvalue weighted by atomic mass is 9.90. The van der Waals surface area contributed by atoms with Gasteiger partial charge < -0.3 is 15.4 Å². The zero-order valence-electron chi connectivity index (χ0n) is 10.4. The van der Waals surface area contributed by atoms with Gasteiger partial charge in [-0.2, -0.15) is 0 Å². The van der Waals surface area contributed by atoms with E-state index < -0.39 is 0 Å². The molecule has 3 heteroatoms. The molecule has 0 amide bonds. The van der Waals surface area contributed by atoms with Gasteiger partial charge in [0.15, 0.2) is 0 Å². The van der Waals surface area contributed by atoms with E-state index in [0.717, 1.165) is 39.2 Å². The van der Waals surface area contributed by atoms with Crippen LogP contribution in [0.25, 0.3) is 0 Å². The first-order valence-electron chi connectivity index (χ1n) is 6.17. The third kappa shape index (κ3) is 5.50. The second-order valence-electron chi connectivity index (χ2n) is 5.18. The summed E-state index contributed by atoms with van der Waals surface area (Å²) in [5.74, 6) is 0. The lowest BCUT2D eigenvalue weighted by Crippen LogP contribution is -2.40. The maximum absolute atomic E-state index is 5.63. The number of ether oxygens (including phenoxy) is 1. The minimum atomic E-state index is 0.413. The van der Waals surface area contributed by atoms with E-state index in [1.807, 2.05) is 0 Å². The molecule has 1 unspecified atom stereocenters. The van der Waals surface area contributed by atoms with Gasteiger partial charge in [0, 0.05) is 19.6 Å². The Hall–Kier alpha value is -0.120. The van der Waals surface area contributed by atoms with Crippen LogP contribution in [0.2, 0.25) is 0 Å². The van der Waals surface area contributed by atoms with E-state index >= 15 is 0 Å². The van der Waals surface area contributed by atoms with Crippen LogP contribution in [0.15, 0.2) is 0 Å². The van der Waals surface area contributed by atoms with Crippen molar-refractivity contribution in [3.8, 4) is 0 Å². The van der Waals surface area contributed by atoms with E-state index in [1.165, 1.54) is 6.42 Å². The van der Waals surface area contributed by atoms with Gasteiger partial charge in [0.2, 0.25) is 0 Å². The molecule has 1 saturated heterocycles. The van der Waals surface area contributed by atoms with Crippen LogP contribution in [0.1, 0.15) is 33.6 Å². The Morgan fingerprint density at radius 3 is 2.87 bits per heavy atom. The molecule has 3 nitrogen and oxygen atoms in total. The summed E-state index contributed by atoms with van der Waals surface area (Å²) in [6, 6.07) is 0. The number of nitrogens with one attached hydrogen (secondary N) is 2. The largest absolute Gasteiger partial charge is 0.376 e. The van der Waals surface area contributed by atoms with Gasteiger partial charge in [-0.1, -0.05) is 20.8 Å². The Labute approximate surface area is 94.0 Å². The molecule has 0 aromatic heterocycles. The molecule has 0 aromatic rings. The van der Waals surface area contributed by atoms with Gasteiger partial charge in [0.05, 0.1) is 12.7 Å². The van der Waals surface area contributed by atoms with Gasteiger partial charge in [-0.25, -0.2) is 0 Å². The van der Waals surface area contributed by atoms with E-state index in [9.17, 15) is 0 Å². The smallest absolute Gasteiger partial charge is 0.0712 e. The van der Waals surface area contributed by atoms with Crippen molar-refractivity contribution in [1.29, 1.82) is 0 Å². The van der Waals surface area contributed by atoms with Crippen LogP contribution in [0.3, 0.4) is 0 Å². The first-order valence-corrected chi connectivity index (χ1v) is 6.17. The Morgan fingerprint density at radius 2 is 2.27 bits per heavy atom. The molecule has 2 N–H and O–H groups in total. The lowest BCUT2D eigenvalue weighted by Gasteiger charge is -2.26. The summed E-state index contributed by atoms with van der Waals surface area (Å²) < 4.78 is 5.63. The van der Waals surface area contributed by atoms with Crippen molar-refractivity contribution in [3.63, 3.8) is 0 Å². The molecule has 1 aliphatic heterocycles. The Kier molecular flexibility index (Phi) is 5.58. The summed E-state index contributed by atoms with van der Waals surface area (Å²) in [5, 5.41) is 6.87. The zero-order valence-corrected chi connectivity index (χ0v) is 10.4. The van der Waals surface area contributed by atoms with E-state index in [2.05, 4.69) is 31.4 Å². The van der Waals surface area contributed by atoms with Crippen molar-refractivity contribution < 1.29 is 4.74 Å². The molecule has 1 atom stereocenters. The third-order valence-electron chi connectivity index (χ3n) is 3.21. The fraction of sp³-hybridized carbons (Fsp3) is 1.00. The summed E-state index contributed by atoms with van der Waals surface area (Å²) in [6.07, 6.45) is 2.75. The number of morpholine rings is 1. The molecular weight excluding hydrogens is 188 g/mol. The standard InChI is InChI=1S/C12H26N2O/c1-4-12(2,3)10-14-6-5-11-9-13-7-8-15-11/h11,13-14H,4-10H2,1-3H3. The zero-order chi connectivity index (χ0) is 11.1. The average Bonchev–Trinajstić information content (AvgIpc) is 2.26. The van der Waals surface area contributed by atoms with Crippen LogP contribution in [0.4, 0.5) is 0 Å². The van der Waals surface area contributed by atoms with Gasteiger partial charge >= 0.3 is 0 Å². The maximum atomic E-state index is 5.63. The monoisotopic (exact) mass is 214 g/mol. The van der Waals surface area contributed by atoms with Gasteiger partial charge in [-0.3, -0.25) is 0 Å². The number of rotatable bonds is 6. The summed E-state index contributed by atoms with van der Waals surface area (Å²) in [5.41, 5.74) is 0.422. The van der Waals surface area contributed by atoms with E-state index in [0.29, 0.717) is 11.5 Å². The molecule has 0 saturated carbocycles. The van der Waals surface area contributed by atoms with Crippen molar-refractivity contribution in [3.05, 3.63) is 0 Å². The molecule has 0 aromatic carbocycles. The molecule has 0 bridgehead atoms. The molecule has 0 radical (unpaired) electrons. The SMILES string of the molecule is CCC(C)(C)CNCCC1CNCCO1. The second-order valence-corrected chi connectivity index (χ2v) is 5.18. The van der Waals surface area contributed by atoms with Crippen molar-refractivity contribution in [2.24, 2.45) is 5.41 Å². The summed E-state index contributed by atoms with van der Waals surface area (Å²) in [4.78, 5) is 0. The van der Waals surface area contributed by atoms with Gasteiger partial charge in [-0.05, 0) is 24.8 Å². The predicted octanol–water partition coefficient (Wildman–Crippen LogP) is 1.39. The van der Waals surface area contributed by atoms with Crippen molar-refractivity contribution >= 4 is 0 Å². The van der Waals surface area contributed by atoms with Gasteiger partial charge in [-0.15, -0.1) is 0 Å². The molecular formula is C12H26N2O. The molecule has 90 valence electrons. The molecule has 1 rings (SSSR count). The average molecular weight is 214 g/mol. The fourth-order valence-corrected chi connectivity index (χ4v) is 1.62. The van der Waals surface area contributed by atoms with Crippen LogP contribution < -0.4 is 10.6 Å². The first-order chi connectivity index (χ1) is 7.14. The van der Waals surface area contributed by atoms with Gasteiger partial charge in [0.1, 0.15) is 0 Å². The van der Waals surface area contributed by atoms with E-state index in [1.54, 1.807) is 0 Å². The Bertz CT molecular complexity index is 165. The van der Waals surface area contributed by atoms with Crippen LogP contribution in [0.5, 0.6) is 0 Å². The highest BCUT2D eigenvalue weighted by Crippen LogP contribution is 2.17. The summed E-state index contributed by atoms with van der Waals surface area (Å²) in [7, 11) is 0. The summed E-state index contributed by atoms with van der Waals surface area (Å²) in [6.45, 7) is 11.9. The van der Waals surface area contributed by atoms with Crippen LogP contribution in [0, 0.1) is 5.41 Å². The quantitative estimate of drug-likeness (QED) is 0.656. The van der Waals surface area contributed by atoms with Crippen LogP contribution in [-0.4, -0.2) is 38.9 Å². The Balaban J connectivity index is 2.00. The lowest BCUT2D eigenvalue weighted by molar-refractivity contribution is 0.0235. The molecule has 15 heavy (non-hydrogen) atoms. The number of hydrogen-bond acceptors (Lipinski definition) is 3. The molecule has 1 heterocycles. The predicted molar refractivity (Wildman–Crippen MR) is 64.2 cm³/mol. The van der Waals surface area contributed by atoms with Crippen LogP contribution >= 0.6 is 0 Å². The fourth-order valence-electron chi connectivity index (χ4n) is 1.62. The van der Waals surface area contributed by atoms with Crippen molar-refractivity contribution in [2.45, 2.75) is 39.7 Å². The molecule has 1 aliphatic rings. The highest BCUT2D eigenvalue weighted by Gasteiger charge is 2.15. The topological polar surface area (TPSA) is 33.3 Å². The Morgan fingerprint density at radius 1 is 1.47 bits per heavy atom. The van der Waals surface area contributed by atoms with Crippen molar-refractivity contribution in [2.75, 3.05) is 32.8 Å². The molecule has 0 aliphatic carbocycles. The highest BCUT2D eigenvalue weighted by molar-refractivity contribution is 4.72. The minimum absolute atomic E-state index is 0.413. The first kappa shape index (κ1) is 12.9. The number of hydrogen-bond donors (Lipinski definition) is 2. The van der Waals surface area contributed by atoms with E-state index in [-0.39, 0.29) is 0 Å². The minimum Gasteiger partial charge on any atom is -0.376 e. The van der Waals surface area contributed by atoms with Crippen LogP contribution in [-0.2, 0) is 4.74 Å². The van der Waals surface area contributed by atoms with Gasteiger partial charge in [0.25, 0.3) is 0 Å². The normalized spacial score (nSPS) is 23.0.